The van der Waals surface area contributed by atoms with Gasteiger partial charge in [0, 0.05) is 65.3 Å². The van der Waals surface area contributed by atoms with E-state index in [0.29, 0.717) is 25.1 Å². The first-order chi connectivity index (χ1) is 22.5. The molecule has 3 N–H and O–H groups in total. The molecule has 0 bridgehead atoms. The Kier molecular flexibility index (Phi) is 12.6. The van der Waals surface area contributed by atoms with Crippen LogP contribution < -0.4 is 4.90 Å². The molecule has 2 aromatic rings. The summed E-state index contributed by atoms with van der Waals surface area (Å²) in [6.45, 7) is 7.69. The molecule has 2 aliphatic rings. The van der Waals surface area contributed by atoms with Crippen LogP contribution in [-0.4, -0.2) is 64.2 Å². The van der Waals surface area contributed by atoms with Gasteiger partial charge in [0.1, 0.15) is 6.54 Å². The summed E-state index contributed by atoms with van der Waals surface area (Å²) < 4.78 is 39.3. The maximum absolute atomic E-state index is 11.5. The van der Waals surface area contributed by atoms with E-state index in [1.165, 1.54) is 17.0 Å². The molecule has 2 unspecified atom stereocenters. The summed E-state index contributed by atoms with van der Waals surface area (Å²) in [5, 5.41) is 21.5. The summed E-state index contributed by atoms with van der Waals surface area (Å²) in [7, 11) is -4.11. The molecule has 0 amide bonds. The lowest BCUT2D eigenvalue weighted by Crippen LogP contribution is -2.31. The van der Waals surface area contributed by atoms with Crippen LogP contribution in [0.1, 0.15) is 70.4 Å². The lowest BCUT2D eigenvalue weighted by atomic mass is 9.76. The van der Waals surface area contributed by atoms with E-state index >= 15 is 0 Å². The number of para-hydroxylation sites is 2. The van der Waals surface area contributed by atoms with E-state index in [4.69, 9.17) is 5.26 Å². The number of rotatable bonds is 18. The molecule has 0 aliphatic carbocycles. The SMILES string of the molecule is CC[N+]1=C(/C=C/C=C/C=C2/N(CCCS(=O)(=O)O)c3ccccc3C2(C)CCCC(=O)O)C(C)(CCCSOOO)c2ccccc21. The Morgan fingerprint density at radius 3 is 2.38 bits per heavy atom. The molecular formula is C35H45N2O8S2+. The summed E-state index contributed by atoms with van der Waals surface area (Å²) in [6.07, 6.45) is 13.3. The Morgan fingerprint density at radius 1 is 0.979 bits per heavy atom. The van der Waals surface area contributed by atoms with Gasteiger partial charge in [-0.2, -0.15) is 13.0 Å². The van der Waals surface area contributed by atoms with Gasteiger partial charge in [0.2, 0.25) is 5.69 Å². The normalized spacial score (nSPS) is 21.8. The third kappa shape index (κ3) is 8.62. The van der Waals surface area contributed by atoms with Crippen LogP contribution in [0, 0.1) is 0 Å². The Labute approximate surface area is 281 Å². The number of nitrogens with zero attached hydrogens (tertiary/aromatic N) is 2. The van der Waals surface area contributed by atoms with Crippen LogP contribution in [0.4, 0.5) is 11.4 Å². The monoisotopic (exact) mass is 685 g/mol. The molecule has 2 heterocycles. The highest BCUT2D eigenvalue weighted by Crippen LogP contribution is 2.50. The molecule has 12 heteroatoms. The van der Waals surface area contributed by atoms with Gasteiger partial charge in [-0.3, -0.25) is 9.35 Å². The molecule has 47 heavy (non-hydrogen) atoms. The van der Waals surface area contributed by atoms with E-state index in [-0.39, 0.29) is 24.0 Å². The maximum atomic E-state index is 11.5. The van der Waals surface area contributed by atoms with Crippen molar-refractivity contribution in [2.75, 3.05) is 29.5 Å². The maximum Gasteiger partial charge on any atom is 0.303 e. The molecule has 0 saturated carbocycles. The number of benzene rings is 2. The van der Waals surface area contributed by atoms with Crippen LogP contribution in [-0.2, 0) is 35.1 Å². The number of carboxylic acids is 1. The van der Waals surface area contributed by atoms with Crippen LogP contribution in [0.25, 0.3) is 0 Å². The fourth-order valence-electron chi connectivity index (χ4n) is 7.03. The van der Waals surface area contributed by atoms with Gasteiger partial charge in [0.05, 0.1) is 11.2 Å². The van der Waals surface area contributed by atoms with Gasteiger partial charge < -0.3 is 10.0 Å². The van der Waals surface area contributed by atoms with Gasteiger partial charge in [-0.05, 0) is 70.6 Å². The zero-order chi connectivity index (χ0) is 34.1. The number of carboxylic acid groups (broad SMARTS) is 1. The third-order valence-electron chi connectivity index (χ3n) is 9.17. The summed E-state index contributed by atoms with van der Waals surface area (Å²) in [4.78, 5) is 13.5. The zero-order valence-electron chi connectivity index (χ0n) is 27.2. The molecule has 0 spiro atoms. The molecule has 0 fully saturated rings. The lowest BCUT2D eigenvalue weighted by Gasteiger charge is -2.30. The second-order valence-corrected chi connectivity index (χ2v) is 14.6. The van der Waals surface area contributed by atoms with Gasteiger partial charge in [0.25, 0.3) is 10.1 Å². The van der Waals surface area contributed by atoms with Crippen LogP contribution >= 0.6 is 12.0 Å². The largest absolute Gasteiger partial charge is 0.481 e. The highest BCUT2D eigenvalue weighted by atomic mass is 32.2. The van der Waals surface area contributed by atoms with Crippen molar-refractivity contribution >= 4 is 45.2 Å². The molecule has 2 aliphatic heterocycles. The van der Waals surface area contributed by atoms with Crippen molar-refractivity contribution in [3.8, 4) is 0 Å². The van der Waals surface area contributed by atoms with E-state index in [9.17, 15) is 22.9 Å². The van der Waals surface area contributed by atoms with Crippen molar-refractivity contribution in [1.29, 1.82) is 0 Å². The van der Waals surface area contributed by atoms with Crippen LogP contribution in [0.15, 0.2) is 84.6 Å². The van der Waals surface area contributed by atoms with Crippen molar-refractivity contribution in [3.63, 3.8) is 0 Å². The van der Waals surface area contributed by atoms with Crippen molar-refractivity contribution < 1.29 is 42.1 Å². The Morgan fingerprint density at radius 2 is 1.68 bits per heavy atom. The van der Waals surface area contributed by atoms with Crippen molar-refractivity contribution in [3.05, 3.63) is 95.7 Å². The molecule has 4 rings (SSSR count). The van der Waals surface area contributed by atoms with Crippen molar-refractivity contribution in [2.45, 2.75) is 70.1 Å². The van der Waals surface area contributed by atoms with Gasteiger partial charge >= 0.3 is 5.97 Å². The van der Waals surface area contributed by atoms with E-state index < -0.39 is 21.5 Å². The molecule has 0 radical (unpaired) electrons. The molecule has 10 nitrogen and oxygen atoms in total. The number of hydrogen-bond acceptors (Lipinski definition) is 8. The zero-order valence-corrected chi connectivity index (χ0v) is 28.8. The Hall–Kier alpha value is -3.26. The predicted molar refractivity (Wildman–Crippen MR) is 186 cm³/mol. The lowest BCUT2D eigenvalue weighted by molar-refractivity contribution is -0.433. The minimum Gasteiger partial charge on any atom is -0.481 e. The number of allylic oxidation sites excluding steroid dienone is 6. The fraction of sp³-hybridized carbons (Fsp3) is 0.429. The number of carbonyl (C=O) groups is 1. The quantitative estimate of drug-likeness (QED) is 0.0281. The first kappa shape index (κ1) is 36.6. The number of anilines is 1. The molecule has 254 valence electrons. The number of aliphatic carboxylic acids is 1. The average Bonchev–Trinajstić information content (AvgIpc) is 3.41. The van der Waals surface area contributed by atoms with E-state index in [2.05, 4.69) is 70.0 Å². The average molecular weight is 686 g/mol. The second-order valence-electron chi connectivity index (χ2n) is 12.2. The molecule has 0 aromatic heterocycles. The van der Waals surface area contributed by atoms with Crippen LogP contribution in [0.5, 0.6) is 0 Å². The summed E-state index contributed by atoms with van der Waals surface area (Å²) in [5.74, 6) is -0.531. The highest BCUT2D eigenvalue weighted by Gasteiger charge is 2.46. The summed E-state index contributed by atoms with van der Waals surface area (Å²) >= 11 is 1.06. The smallest absolute Gasteiger partial charge is 0.303 e. The molecular weight excluding hydrogens is 641 g/mol. The number of fused-ring (bicyclic) bond motifs is 2. The Bertz CT molecular complexity index is 1650. The van der Waals surface area contributed by atoms with Gasteiger partial charge in [-0.1, -0.05) is 59.7 Å². The summed E-state index contributed by atoms with van der Waals surface area (Å²) in [5.41, 5.74) is 5.88. The van der Waals surface area contributed by atoms with Gasteiger partial charge in [-0.15, -0.1) is 4.33 Å². The second kappa shape index (κ2) is 16.2. The standard InChI is InChI=1S/C35H44N2O8S2/c1-4-36-29-17-10-8-15-27(29)35(3,23-13-25-46-45-44-40)31(36)19-6-5-7-20-32-34(2,22-12-21-33(38)39)28-16-9-11-18-30(28)37(32)24-14-26-47(41,42)43/h5-11,15-20H,4,12-14,21-26H2,1-3H3,(H2-,38,39,40,41,42,43)/p+1. The first-order valence-electron chi connectivity index (χ1n) is 15.9. The van der Waals surface area contributed by atoms with Crippen molar-refractivity contribution in [2.24, 2.45) is 0 Å². The minimum atomic E-state index is -4.11. The highest BCUT2D eigenvalue weighted by molar-refractivity contribution is 7.94. The minimum absolute atomic E-state index is 0.0565. The molecule has 2 atom stereocenters. The van der Waals surface area contributed by atoms with E-state index in [0.717, 1.165) is 48.4 Å². The summed E-state index contributed by atoms with van der Waals surface area (Å²) in [6, 6.07) is 16.4. The van der Waals surface area contributed by atoms with Crippen LogP contribution in [0.3, 0.4) is 0 Å². The van der Waals surface area contributed by atoms with Crippen molar-refractivity contribution in [1.82, 2.24) is 0 Å². The molecule has 0 saturated heterocycles. The Balaban J connectivity index is 1.64. The first-order valence-corrected chi connectivity index (χ1v) is 18.4. The van der Waals surface area contributed by atoms with Crippen LogP contribution in [0.2, 0.25) is 0 Å². The predicted octanol–water partition coefficient (Wildman–Crippen LogP) is 7.22. The van der Waals surface area contributed by atoms with E-state index in [1.54, 1.807) is 0 Å². The topological polar surface area (TPSA) is 137 Å². The third-order valence-corrected chi connectivity index (χ3v) is 10.6. The molecule has 2 aromatic carbocycles. The fourth-order valence-corrected chi connectivity index (χ4v) is 7.90. The van der Waals surface area contributed by atoms with Gasteiger partial charge in [-0.25, -0.2) is 5.26 Å². The van der Waals surface area contributed by atoms with Gasteiger partial charge in [0.15, 0.2) is 5.71 Å². The number of hydrogen-bond donors (Lipinski definition) is 3. The van der Waals surface area contributed by atoms with E-state index in [1.807, 2.05) is 48.6 Å².